The van der Waals surface area contributed by atoms with Gasteiger partial charge < -0.3 is 9.52 Å². The average molecular weight is 300 g/mol. The second-order valence-electron chi connectivity index (χ2n) is 6.22. The van der Waals surface area contributed by atoms with Crippen LogP contribution in [0.3, 0.4) is 0 Å². The normalized spacial score (nSPS) is 20.0. The van der Waals surface area contributed by atoms with Crippen molar-refractivity contribution in [1.82, 2.24) is 9.88 Å². The minimum absolute atomic E-state index is 0.174. The standard InChI is InChI=1S/C18H24N2O2/c1-13(20-10-8-15(9-11-20)14(2)21)18-19-12-17(22-18)16-6-4-3-5-7-16/h3-7,12-15,21H,8-11H2,1-2H3. The van der Waals surface area contributed by atoms with E-state index in [4.69, 9.17) is 4.42 Å². The second kappa shape index (κ2) is 6.63. The summed E-state index contributed by atoms with van der Waals surface area (Å²) in [5.74, 6) is 2.02. The van der Waals surface area contributed by atoms with Crippen molar-refractivity contribution in [3.8, 4) is 11.3 Å². The molecule has 0 amide bonds. The van der Waals surface area contributed by atoms with Gasteiger partial charge in [0.2, 0.25) is 5.89 Å². The highest BCUT2D eigenvalue weighted by molar-refractivity contribution is 5.55. The van der Waals surface area contributed by atoms with Gasteiger partial charge in [-0.05, 0) is 45.7 Å². The van der Waals surface area contributed by atoms with E-state index in [1.807, 2.05) is 43.5 Å². The maximum Gasteiger partial charge on any atom is 0.211 e. The minimum Gasteiger partial charge on any atom is -0.439 e. The van der Waals surface area contributed by atoms with Gasteiger partial charge in [0, 0.05) is 5.56 Å². The number of piperidine rings is 1. The van der Waals surface area contributed by atoms with E-state index in [0.717, 1.165) is 43.1 Å². The van der Waals surface area contributed by atoms with Gasteiger partial charge in [0.05, 0.1) is 18.3 Å². The number of hydrogen-bond donors (Lipinski definition) is 1. The van der Waals surface area contributed by atoms with Crippen molar-refractivity contribution >= 4 is 0 Å². The van der Waals surface area contributed by atoms with Crippen LogP contribution < -0.4 is 0 Å². The zero-order chi connectivity index (χ0) is 15.5. The number of aliphatic hydroxyl groups excluding tert-OH is 1. The molecule has 118 valence electrons. The fraction of sp³-hybridized carbons (Fsp3) is 0.500. The van der Waals surface area contributed by atoms with Gasteiger partial charge >= 0.3 is 0 Å². The first-order chi connectivity index (χ1) is 10.6. The van der Waals surface area contributed by atoms with Gasteiger partial charge in [-0.1, -0.05) is 30.3 Å². The molecule has 2 atom stereocenters. The van der Waals surface area contributed by atoms with Gasteiger partial charge in [0.25, 0.3) is 0 Å². The molecule has 0 bridgehead atoms. The van der Waals surface area contributed by atoms with Gasteiger partial charge in [0.1, 0.15) is 0 Å². The number of oxazole rings is 1. The Morgan fingerprint density at radius 1 is 1.18 bits per heavy atom. The van der Waals surface area contributed by atoms with Crippen molar-refractivity contribution in [1.29, 1.82) is 0 Å². The number of rotatable bonds is 4. The molecule has 1 aliphatic rings. The van der Waals surface area contributed by atoms with Crippen molar-refractivity contribution in [3.63, 3.8) is 0 Å². The van der Waals surface area contributed by atoms with Gasteiger partial charge in [-0.15, -0.1) is 0 Å². The van der Waals surface area contributed by atoms with Crippen LogP contribution in [-0.4, -0.2) is 34.2 Å². The van der Waals surface area contributed by atoms with Gasteiger partial charge in [0.15, 0.2) is 5.76 Å². The molecule has 1 fully saturated rings. The average Bonchev–Trinajstić information content (AvgIpc) is 3.05. The summed E-state index contributed by atoms with van der Waals surface area (Å²) < 4.78 is 5.96. The molecule has 0 saturated carbocycles. The van der Waals surface area contributed by atoms with E-state index in [1.54, 1.807) is 0 Å². The third-order valence-corrected chi connectivity index (χ3v) is 4.74. The predicted molar refractivity (Wildman–Crippen MR) is 86.3 cm³/mol. The van der Waals surface area contributed by atoms with Crippen LogP contribution in [0, 0.1) is 5.92 Å². The summed E-state index contributed by atoms with van der Waals surface area (Å²) in [6, 6.07) is 10.2. The molecule has 3 rings (SSSR count). The Bertz CT molecular complexity index is 586. The predicted octanol–water partition coefficient (Wildman–Crippen LogP) is 3.50. The topological polar surface area (TPSA) is 49.5 Å². The molecule has 1 aromatic heterocycles. The third-order valence-electron chi connectivity index (χ3n) is 4.74. The number of benzene rings is 1. The van der Waals surface area contributed by atoms with Crippen molar-refractivity contribution < 1.29 is 9.52 Å². The van der Waals surface area contributed by atoms with E-state index in [2.05, 4.69) is 16.8 Å². The Morgan fingerprint density at radius 2 is 1.86 bits per heavy atom. The molecule has 2 aromatic rings. The van der Waals surface area contributed by atoms with Crippen LogP contribution in [0.2, 0.25) is 0 Å². The Kier molecular flexibility index (Phi) is 4.60. The number of aromatic nitrogens is 1. The smallest absolute Gasteiger partial charge is 0.211 e. The van der Waals surface area contributed by atoms with E-state index in [9.17, 15) is 5.11 Å². The lowest BCUT2D eigenvalue weighted by Gasteiger charge is -2.35. The molecule has 0 aliphatic carbocycles. The molecule has 1 N–H and O–H groups in total. The molecule has 4 nitrogen and oxygen atoms in total. The van der Waals surface area contributed by atoms with E-state index >= 15 is 0 Å². The highest BCUT2D eigenvalue weighted by Gasteiger charge is 2.27. The number of likely N-dealkylation sites (tertiary alicyclic amines) is 1. The van der Waals surface area contributed by atoms with Crippen LogP contribution in [0.25, 0.3) is 11.3 Å². The fourth-order valence-electron chi connectivity index (χ4n) is 3.16. The van der Waals surface area contributed by atoms with Crippen LogP contribution in [-0.2, 0) is 0 Å². The quantitative estimate of drug-likeness (QED) is 0.939. The first-order valence-corrected chi connectivity index (χ1v) is 8.08. The summed E-state index contributed by atoms with van der Waals surface area (Å²) in [4.78, 5) is 6.85. The van der Waals surface area contributed by atoms with E-state index in [-0.39, 0.29) is 12.1 Å². The lowest BCUT2D eigenvalue weighted by Crippen LogP contribution is -2.38. The number of hydrogen-bond acceptors (Lipinski definition) is 4. The highest BCUT2D eigenvalue weighted by Crippen LogP contribution is 2.29. The number of nitrogens with zero attached hydrogens (tertiary/aromatic N) is 2. The van der Waals surface area contributed by atoms with Gasteiger partial charge in [-0.2, -0.15) is 0 Å². The molecule has 1 aliphatic heterocycles. The lowest BCUT2D eigenvalue weighted by molar-refractivity contribution is 0.0538. The van der Waals surface area contributed by atoms with Crippen molar-refractivity contribution in [3.05, 3.63) is 42.4 Å². The Balaban J connectivity index is 1.66. The van der Waals surface area contributed by atoms with Crippen molar-refractivity contribution in [2.45, 2.75) is 38.8 Å². The summed E-state index contributed by atoms with van der Waals surface area (Å²) in [6.07, 6.45) is 3.68. The Labute approximate surface area is 131 Å². The monoisotopic (exact) mass is 300 g/mol. The molecule has 2 heterocycles. The largest absolute Gasteiger partial charge is 0.439 e. The molecule has 2 unspecified atom stereocenters. The summed E-state index contributed by atoms with van der Waals surface area (Å²) in [5, 5.41) is 9.70. The van der Waals surface area contributed by atoms with Crippen LogP contribution in [0.4, 0.5) is 0 Å². The summed E-state index contributed by atoms with van der Waals surface area (Å²) >= 11 is 0. The van der Waals surface area contributed by atoms with Crippen LogP contribution in [0.1, 0.15) is 38.6 Å². The first kappa shape index (κ1) is 15.3. The molecule has 4 heteroatoms. The second-order valence-corrected chi connectivity index (χ2v) is 6.22. The summed E-state index contributed by atoms with van der Waals surface area (Å²) in [5.41, 5.74) is 1.06. The fourth-order valence-corrected chi connectivity index (χ4v) is 3.16. The maximum absolute atomic E-state index is 9.70. The van der Waals surface area contributed by atoms with E-state index < -0.39 is 0 Å². The van der Waals surface area contributed by atoms with E-state index in [0.29, 0.717) is 5.92 Å². The molecule has 22 heavy (non-hydrogen) atoms. The van der Waals surface area contributed by atoms with Gasteiger partial charge in [-0.25, -0.2) is 4.98 Å². The number of aliphatic hydroxyl groups is 1. The SMILES string of the molecule is CC(O)C1CCN(C(C)c2ncc(-c3ccccc3)o2)CC1. The minimum atomic E-state index is -0.205. The molecule has 0 spiro atoms. The molecular weight excluding hydrogens is 276 g/mol. The van der Waals surface area contributed by atoms with Crippen LogP contribution in [0.5, 0.6) is 0 Å². The van der Waals surface area contributed by atoms with Gasteiger partial charge in [-0.3, -0.25) is 4.90 Å². The zero-order valence-electron chi connectivity index (χ0n) is 13.3. The third kappa shape index (κ3) is 3.23. The van der Waals surface area contributed by atoms with E-state index in [1.165, 1.54) is 0 Å². The van der Waals surface area contributed by atoms with Crippen molar-refractivity contribution in [2.75, 3.05) is 13.1 Å². The molecule has 1 saturated heterocycles. The van der Waals surface area contributed by atoms with Crippen LogP contribution in [0.15, 0.2) is 40.9 Å². The van der Waals surface area contributed by atoms with Crippen molar-refractivity contribution in [2.24, 2.45) is 5.92 Å². The van der Waals surface area contributed by atoms with Crippen LogP contribution >= 0.6 is 0 Å². The zero-order valence-corrected chi connectivity index (χ0v) is 13.3. The highest BCUT2D eigenvalue weighted by atomic mass is 16.4. The maximum atomic E-state index is 9.70. The summed E-state index contributed by atoms with van der Waals surface area (Å²) in [7, 11) is 0. The molecule has 0 radical (unpaired) electrons. The molecule has 1 aromatic carbocycles. The summed E-state index contributed by atoms with van der Waals surface area (Å²) in [6.45, 7) is 6.01. The Hall–Kier alpha value is -1.65. The molecular formula is C18H24N2O2. The lowest BCUT2D eigenvalue weighted by atomic mass is 9.91. The Morgan fingerprint density at radius 3 is 2.50 bits per heavy atom. The first-order valence-electron chi connectivity index (χ1n) is 8.08.